The number of rotatable bonds is 5. The van der Waals surface area contributed by atoms with Gasteiger partial charge < -0.3 is 9.88 Å². The van der Waals surface area contributed by atoms with E-state index in [2.05, 4.69) is 15.3 Å². The van der Waals surface area contributed by atoms with Gasteiger partial charge in [0.15, 0.2) is 5.82 Å². The van der Waals surface area contributed by atoms with Crippen molar-refractivity contribution >= 4 is 5.91 Å². The highest BCUT2D eigenvalue weighted by Gasteiger charge is 2.12. The first kappa shape index (κ1) is 13.2. The van der Waals surface area contributed by atoms with Crippen LogP contribution in [0, 0.1) is 11.7 Å². The number of halogens is 1. The van der Waals surface area contributed by atoms with Crippen LogP contribution in [0.5, 0.6) is 0 Å². The van der Waals surface area contributed by atoms with E-state index in [9.17, 15) is 9.18 Å². The first-order valence-corrected chi connectivity index (χ1v) is 6.00. The van der Waals surface area contributed by atoms with Crippen LogP contribution in [0.25, 0.3) is 0 Å². The topological polar surface area (TPSA) is 59.8 Å². The summed E-state index contributed by atoms with van der Waals surface area (Å²) in [7, 11) is 0. The molecule has 19 heavy (non-hydrogen) atoms. The molecule has 0 aromatic carbocycles. The maximum atomic E-state index is 13.3. The van der Waals surface area contributed by atoms with Crippen LogP contribution in [0.3, 0.4) is 0 Å². The zero-order valence-electron chi connectivity index (χ0n) is 10.6. The van der Waals surface area contributed by atoms with Gasteiger partial charge in [0.1, 0.15) is 0 Å². The van der Waals surface area contributed by atoms with Crippen molar-refractivity contribution in [1.82, 2.24) is 19.9 Å². The van der Waals surface area contributed by atoms with E-state index in [1.165, 1.54) is 12.3 Å². The molecular formula is C13H15FN4O. The lowest BCUT2D eigenvalue weighted by molar-refractivity contribution is 0.0942. The van der Waals surface area contributed by atoms with Gasteiger partial charge in [-0.2, -0.15) is 0 Å². The van der Waals surface area contributed by atoms with E-state index in [1.54, 1.807) is 12.5 Å². The van der Waals surface area contributed by atoms with Gasteiger partial charge in [0.05, 0.1) is 18.1 Å². The van der Waals surface area contributed by atoms with E-state index >= 15 is 0 Å². The van der Waals surface area contributed by atoms with Gasteiger partial charge in [0.25, 0.3) is 5.91 Å². The molecule has 0 bridgehead atoms. The molecule has 0 aliphatic rings. The molecule has 2 aromatic rings. The van der Waals surface area contributed by atoms with E-state index in [1.807, 2.05) is 17.7 Å². The summed E-state index contributed by atoms with van der Waals surface area (Å²) >= 11 is 0. The Hall–Kier alpha value is -2.24. The molecule has 0 radical (unpaired) electrons. The lowest BCUT2D eigenvalue weighted by atomic mass is 10.1. The summed E-state index contributed by atoms with van der Waals surface area (Å²) in [5.74, 6) is -0.803. The summed E-state index contributed by atoms with van der Waals surface area (Å²) in [5, 5.41) is 2.71. The molecule has 1 amide bonds. The number of imidazole rings is 1. The average molecular weight is 262 g/mol. The molecule has 0 unspecified atom stereocenters. The van der Waals surface area contributed by atoms with Crippen molar-refractivity contribution in [1.29, 1.82) is 0 Å². The summed E-state index contributed by atoms with van der Waals surface area (Å²) in [6.07, 6.45) is 7.72. The quantitative estimate of drug-likeness (QED) is 0.888. The number of hydrogen-bond donors (Lipinski definition) is 1. The van der Waals surface area contributed by atoms with Crippen molar-refractivity contribution in [3.8, 4) is 0 Å². The fraction of sp³-hybridized carbons (Fsp3) is 0.308. The Labute approximate surface area is 110 Å². The number of carbonyl (C=O) groups excluding carboxylic acids is 1. The third kappa shape index (κ3) is 3.61. The predicted molar refractivity (Wildman–Crippen MR) is 67.9 cm³/mol. The molecule has 0 saturated heterocycles. The number of nitrogens with zero attached hydrogens (tertiary/aromatic N) is 3. The Morgan fingerprint density at radius 3 is 3.00 bits per heavy atom. The highest BCUT2D eigenvalue weighted by molar-refractivity contribution is 5.94. The second-order valence-corrected chi connectivity index (χ2v) is 4.43. The van der Waals surface area contributed by atoms with Crippen LogP contribution in [0.2, 0.25) is 0 Å². The fourth-order valence-corrected chi connectivity index (χ4v) is 1.74. The number of nitrogens with one attached hydrogen (secondary N) is 1. The molecule has 0 aliphatic heterocycles. The number of aromatic nitrogens is 3. The third-order valence-corrected chi connectivity index (χ3v) is 2.71. The molecule has 0 fully saturated rings. The van der Waals surface area contributed by atoms with E-state index in [0.717, 1.165) is 12.7 Å². The standard InChI is InChI=1S/C13H15FN4O/c1-10(8-18-5-4-16-9-18)6-17-13(19)11-2-3-15-7-12(11)14/h2-5,7,9-10H,6,8H2,1H3,(H,17,19)/t10-/m1/s1. The molecule has 2 heterocycles. The molecule has 1 atom stereocenters. The number of pyridine rings is 1. The van der Waals surface area contributed by atoms with Gasteiger partial charge in [-0.05, 0) is 12.0 Å². The lowest BCUT2D eigenvalue weighted by Gasteiger charge is -2.13. The zero-order valence-corrected chi connectivity index (χ0v) is 10.6. The molecule has 5 nitrogen and oxygen atoms in total. The largest absolute Gasteiger partial charge is 0.352 e. The molecule has 0 spiro atoms. The lowest BCUT2D eigenvalue weighted by Crippen LogP contribution is -2.30. The maximum absolute atomic E-state index is 13.3. The first-order chi connectivity index (χ1) is 9.16. The number of carbonyl (C=O) groups is 1. The fourth-order valence-electron chi connectivity index (χ4n) is 1.74. The summed E-state index contributed by atoms with van der Waals surface area (Å²) in [4.78, 5) is 19.3. The Morgan fingerprint density at radius 2 is 2.32 bits per heavy atom. The zero-order chi connectivity index (χ0) is 13.7. The van der Waals surface area contributed by atoms with E-state index < -0.39 is 11.7 Å². The SMILES string of the molecule is C[C@H](CNC(=O)c1ccncc1F)Cn1ccnc1. The predicted octanol–water partition coefficient (Wildman–Crippen LogP) is 1.48. The second kappa shape index (κ2) is 6.08. The minimum Gasteiger partial charge on any atom is -0.352 e. The van der Waals surface area contributed by atoms with Crippen LogP contribution >= 0.6 is 0 Å². The third-order valence-electron chi connectivity index (χ3n) is 2.71. The van der Waals surface area contributed by atoms with Gasteiger partial charge in [-0.3, -0.25) is 9.78 Å². The van der Waals surface area contributed by atoms with Gasteiger partial charge in [-0.25, -0.2) is 9.37 Å². The van der Waals surface area contributed by atoms with Crippen LogP contribution in [0.1, 0.15) is 17.3 Å². The molecule has 0 aliphatic carbocycles. The van der Waals surface area contributed by atoms with Crippen LogP contribution in [-0.2, 0) is 6.54 Å². The van der Waals surface area contributed by atoms with Crippen LogP contribution in [0.15, 0.2) is 37.2 Å². The Bertz CT molecular complexity index is 541. The number of hydrogen-bond acceptors (Lipinski definition) is 3. The summed E-state index contributed by atoms with van der Waals surface area (Å²) in [6.45, 7) is 3.22. The van der Waals surface area contributed by atoms with Crippen molar-refractivity contribution in [2.45, 2.75) is 13.5 Å². The Morgan fingerprint density at radius 1 is 1.47 bits per heavy atom. The molecule has 100 valence electrons. The van der Waals surface area contributed by atoms with Gasteiger partial charge in [0.2, 0.25) is 0 Å². The molecular weight excluding hydrogens is 247 g/mol. The monoisotopic (exact) mass is 262 g/mol. The van der Waals surface area contributed by atoms with Gasteiger partial charge >= 0.3 is 0 Å². The van der Waals surface area contributed by atoms with Gasteiger partial charge in [0, 0.05) is 31.7 Å². The summed E-state index contributed by atoms with van der Waals surface area (Å²) < 4.78 is 15.3. The van der Waals surface area contributed by atoms with Crippen LogP contribution in [-0.4, -0.2) is 27.0 Å². The smallest absolute Gasteiger partial charge is 0.254 e. The van der Waals surface area contributed by atoms with Gasteiger partial charge in [-0.15, -0.1) is 0 Å². The van der Waals surface area contributed by atoms with E-state index in [-0.39, 0.29) is 11.5 Å². The molecule has 2 aromatic heterocycles. The normalized spacial score (nSPS) is 12.1. The molecule has 1 N–H and O–H groups in total. The Kier molecular flexibility index (Phi) is 4.22. The van der Waals surface area contributed by atoms with Crippen LogP contribution < -0.4 is 5.32 Å². The first-order valence-electron chi connectivity index (χ1n) is 6.00. The van der Waals surface area contributed by atoms with Crippen molar-refractivity contribution < 1.29 is 9.18 Å². The van der Waals surface area contributed by atoms with Crippen molar-refractivity contribution in [2.75, 3.05) is 6.54 Å². The highest BCUT2D eigenvalue weighted by atomic mass is 19.1. The average Bonchev–Trinajstić information content (AvgIpc) is 2.89. The minimum absolute atomic E-state index is 0.0184. The summed E-state index contributed by atoms with van der Waals surface area (Å²) in [6, 6.07) is 1.37. The molecule has 0 saturated carbocycles. The Balaban J connectivity index is 1.85. The minimum atomic E-state index is -0.609. The molecule has 2 rings (SSSR count). The van der Waals surface area contributed by atoms with E-state index in [0.29, 0.717) is 6.54 Å². The van der Waals surface area contributed by atoms with E-state index in [4.69, 9.17) is 0 Å². The second-order valence-electron chi connectivity index (χ2n) is 4.43. The maximum Gasteiger partial charge on any atom is 0.254 e. The van der Waals surface area contributed by atoms with Crippen molar-refractivity contribution in [2.24, 2.45) is 5.92 Å². The van der Waals surface area contributed by atoms with Crippen LogP contribution in [0.4, 0.5) is 4.39 Å². The number of amides is 1. The molecule has 6 heteroatoms. The van der Waals surface area contributed by atoms with Crippen molar-refractivity contribution in [3.63, 3.8) is 0 Å². The highest BCUT2D eigenvalue weighted by Crippen LogP contribution is 2.05. The summed E-state index contributed by atoms with van der Waals surface area (Å²) in [5.41, 5.74) is 0.0184. The van der Waals surface area contributed by atoms with Crippen molar-refractivity contribution in [3.05, 3.63) is 48.6 Å². The van der Waals surface area contributed by atoms with Gasteiger partial charge in [-0.1, -0.05) is 6.92 Å².